The Morgan fingerprint density at radius 1 is 0.556 bits per heavy atom. The van der Waals surface area contributed by atoms with Crippen LogP contribution in [0.1, 0.15) is 0 Å². The van der Waals surface area contributed by atoms with Gasteiger partial charge in [0.15, 0.2) is 0 Å². The molecule has 108 valence electrons. The third kappa shape index (κ3) is 2.68. The van der Waals surface area contributed by atoms with Crippen LogP contribution in [0.15, 0.2) is 0 Å². The average Bonchev–Trinajstić information content (AvgIpc) is 2.43. The molecule has 0 aromatic carbocycles. The summed E-state index contributed by atoms with van der Waals surface area (Å²) in [6, 6.07) is -0.0266. The predicted octanol–water partition coefficient (Wildman–Crippen LogP) is -0.337. The van der Waals surface area contributed by atoms with Crippen LogP contribution in [0.4, 0.5) is 0 Å². The summed E-state index contributed by atoms with van der Waals surface area (Å²) in [4.78, 5) is 0. The summed E-state index contributed by atoms with van der Waals surface area (Å²) in [6.45, 7) is 0. The van der Waals surface area contributed by atoms with Gasteiger partial charge in [0.2, 0.25) is 0 Å². The van der Waals surface area contributed by atoms with Crippen molar-refractivity contribution in [2.24, 2.45) is 0 Å². The SMILES string of the molecule is CNC1C(OC)C(OC)C(OC)C(OC)C1OC. The molecule has 0 aromatic rings. The number of methoxy groups -OCH3 is 5. The van der Waals surface area contributed by atoms with Crippen LogP contribution in [0.2, 0.25) is 0 Å². The molecule has 0 radical (unpaired) electrons. The number of hydrogen-bond acceptors (Lipinski definition) is 6. The minimum atomic E-state index is -0.237. The van der Waals surface area contributed by atoms with Gasteiger partial charge in [-0.1, -0.05) is 0 Å². The lowest BCUT2D eigenvalue weighted by Gasteiger charge is -2.48. The first-order valence-corrected chi connectivity index (χ1v) is 6.01. The van der Waals surface area contributed by atoms with E-state index in [2.05, 4.69) is 5.32 Å². The second-order valence-electron chi connectivity index (χ2n) is 4.32. The molecule has 0 heterocycles. The minimum Gasteiger partial charge on any atom is -0.377 e. The lowest BCUT2D eigenvalue weighted by atomic mass is 9.82. The molecule has 6 heteroatoms. The fourth-order valence-electron chi connectivity index (χ4n) is 2.85. The van der Waals surface area contributed by atoms with Gasteiger partial charge in [0.05, 0.1) is 6.04 Å². The van der Waals surface area contributed by atoms with Crippen molar-refractivity contribution in [3.05, 3.63) is 0 Å². The van der Waals surface area contributed by atoms with Crippen molar-refractivity contribution in [1.29, 1.82) is 0 Å². The number of nitrogens with one attached hydrogen (secondary N) is 1. The fourth-order valence-corrected chi connectivity index (χ4v) is 2.85. The van der Waals surface area contributed by atoms with Gasteiger partial charge in [-0.3, -0.25) is 0 Å². The highest BCUT2D eigenvalue weighted by Gasteiger charge is 2.52. The number of likely N-dealkylation sites (N-methyl/N-ethyl adjacent to an activating group) is 1. The van der Waals surface area contributed by atoms with Crippen molar-refractivity contribution >= 4 is 0 Å². The van der Waals surface area contributed by atoms with E-state index in [9.17, 15) is 0 Å². The van der Waals surface area contributed by atoms with E-state index < -0.39 is 0 Å². The van der Waals surface area contributed by atoms with E-state index in [1.807, 2.05) is 7.05 Å². The zero-order valence-corrected chi connectivity index (χ0v) is 12.0. The summed E-state index contributed by atoms with van der Waals surface area (Å²) in [5.74, 6) is 0. The lowest BCUT2D eigenvalue weighted by molar-refractivity contribution is -0.224. The third-order valence-electron chi connectivity index (χ3n) is 3.70. The molecule has 6 nitrogen and oxygen atoms in total. The Morgan fingerprint density at radius 3 is 1.06 bits per heavy atom. The van der Waals surface area contributed by atoms with E-state index in [1.165, 1.54) is 0 Å². The summed E-state index contributed by atoms with van der Waals surface area (Å²) in [7, 11) is 10.1. The molecular formula is C12H25NO5. The largest absolute Gasteiger partial charge is 0.377 e. The monoisotopic (exact) mass is 263 g/mol. The Balaban J connectivity index is 3.06. The molecule has 1 N–H and O–H groups in total. The Kier molecular flexibility index (Phi) is 6.48. The van der Waals surface area contributed by atoms with Crippen molar-refractivity contribution in [2.75, 3.05) is 42.6 Å². The summed E-state index contributed by atoms with van der Waals surface area (Å²) in [5, 5.41) is 3.21. The molecule has 0 bridgehead atoms. The van der Waals surface area contributed by atoms with E-state index >= 15 is 0 Å². The van der Waals surface area contributed by atoms with E-state index in [0.29, 0.717) is 0 Å². The van der Waals surface area contributed by atoms with E-state index in [1.54, 1.807) is 35.5 Å². The van der Waals surface area contributed by atoms with Crippen LogP contribution < -0.4 is 5.32 Å². The summed E-state index contributed by atoms with van der Waals surface area (Å²) < 4.78 is 27.7. The first-order chi connectivity index (χ1) is 8.69. The highest BCUT2D eigenvalue weighted by molar-refractivity contribution is 5.05. The van der Waals surface area contributed by atoms with Gasteiger partial charge in [-0.15, -0.1) is 0 Å². The lowest BCUT2D eigenvalue weighted by Crippen LogP contribution is -2.69. The normalized spacial score (nSPS) is 41.0. The first-order valence-electron chi connectivity index (χ1n) is 6.01. The van der Waals surface area contributed by atoms with Gasteiger partial charge in [-0.2, -0.15) is 0 Å². The fraction of sp³-hybridized carbons (Fsp3) is 1.00. The quantitative estimate of drug-likeness (QED) is 0.708. The molecule has 4 atom stereocenters. The molecule has 1 rings (SSSR count). The Hall–Kier alpha value is -0.240. The van der Waals surface area contributed by atoms with Gasteiger partial charge in [0, 0.05) is 35.5 Å². The molecule has 1 fully saturated rings. The maximum atomic E-state index is 5.55. The van der Waals surface area contributed by atoms with Crippen LogP contribution in [0.3, 0.4) is 0 Å². The second-order valence-corrected chi connectivity index (χ2v) is 4.32. The number of ether oxygens (including phenoxy) is 5. The van der Waals surface area contributed by atoms with Crippen molar-refractivity contribution in [3.8, 4) is 0 Å². The molecule has 0 aliphatic heterocycles. The van der Waals surface area contributed by atoms with Gasteiger partial charge in [-0.25, -0.2) is 0 Å². The molecular weight excluding hydrogens is 238 g/mol. The molecule has 0 saturated heterocycles. The molecule has 1 saturated carbocycles. The first kappa shape index (κ1) is 15.8. The zero-order valence-electron chi connectivity index (χ0n) is 12.0. The van der Waals surface area contributed by atoms with Gasteiger partial charge in [0.25, 0.3) is 0 Å². The molecule has 1 aliphatic carbocycles. The maximum absolute atomic E-state index is 5.55. The predicted molar refractivity (Wildman–Crippen MR) is 66.8 cm³/mol. The highest BCUT2D eigenvalue weighted by atomic mass is 16.6. The summed E-state index contributed by atoms with van der Waals surface area (Å²) in [5.41, 5.74) is 0. The number of hydrogen-bond donors (Lipinski definition) is 1. The zero-order chi connectivity index (χ0) is 13.7. The van der Waals surface area contributed by atoms with Crippen LogP contribution in [0, 0.1) is 0 Å². The molecule has 0 spiro atoms. The molecule has 0 amide bonds. The third-order valence-corrected chi connectivity index (χ3v) is 3.70. The van der Waals surface area contributed by atoms with Crippen LogP contribution in [-0.2, 0) is 23.7 Å². The van der Waals surface area contributed by atoms with Crippen molar-refractivity contribution in [2.45, 2.75) is 36.6 Å². The van der Waals surface area contributed by atoms with Gasteiger partial charge >= 0.3 is 0 Å². The maximum Gasteiger partial charge on any atom is 0.115 e. The molecule has 18 heavy (non-hydrogen) atoms. The van der Waals surface area contributed by atoms with Crippen LogP contribution >= 0.6 is 0 Å². The van der Waals surface area contributed by atoms with Crippen molar-refractivity contribution in [3.63, 3.8) is 0 Å². The Morgan fingerprint density at radius 2 is 0.833 bits per heavy atom. The van der Waals surface area contributed by atoms with Crippen LogP contribution in [0.25, 0.3) is 0 Å². The smallest absolute Gasteiger partial charge is 0.115 e. The van der Waals surface area contributed by atoms with E-state index in [-0.39, 0.29) is 36.6 Å². The number of rotatable bonds is 6. The van der Waals surface area contributed by atoms with E-state index in [4.69, 9.17) is 23.7 Å². The van der Waals surface area contributed by atoms with E-state index in [0.717, 1.165) is 0 Å². The van der Waals surface area contributed by atoms with Gasteiger partial charge in [-0.05, 0) is 7.05 Å². The van der Waals surface area contributed by atoms with Gasteiger partial charge < -0.3 is 29.0 Å². The average molecular weight is 263 g/mol. The van der Waals surface area contributed by atoms with Crippen molar-refractivity contribution in [1.82, 2.24) is 5.32 Å². The molecule has 0 aromatic heterocycles. The summed E-state index contributed by atoms with van der Waals surface area (Å²) >= 11 is 0. The minimum absolute atomic E-state index is 0.0266. The highest BCUT2D eigenvalue weighted by Crippen LogP contribution is 2.30. The molecule has 1 aliphatic rings. The second kappa shape index (κ2) is 7.37. The van der Waals surface area contributed by atoms with Crippen LogP contribution in [0.5, 0.6) is 0 Å². The van der Waals surface area contributed by atoms with Gasteiger partial charge in [0.1, 0.15) is 30.5 Å². The topological polar surface area (TPSA) is 58.2 Å². The van der Waals surface area contributed by atoms with Crippen molar-refractivity contribution < 1.29 is 23.7 Å². The summed E-state index contributed by atoms with van der Waals surface area (Å²) in [6.07, 6.45) is -0.996. The Bertz CT molecular complexity index is 166. The molecule has 4 unspecified atom stereocenters. The standard InChI is InChI=1S/C12H25NO5/c1-13-7-8(14-2)10(16-4)12(18-6)11(17-5)9(7)15-3/h7-13H,1-6H3. The Labute approximate surface area is 109 Å². The van der Waals surface area contributed by atoms with Crippen LogP contribution in [-0.4, -0.2) is 79.2 Å².